The summed E-state index contributed by atoms with van der Waals surface area (Å²) in [7, 11) is 3.57. The number of rotatable bonds is 5. The Morgan fingerprint density at radius 2 is 1.70 bits per heavy atom. The molecule has 1 aromatic rings. The lowest BCUT2D eigenvalue weighted by Gasteiger charge is -2.31. The zero-order valence-electron chi connectivity index (χ0n) is 14.6. The van der Waals surface area contributed by atoms with E-state index in [1.807, 2.05) is 0 Å². The van der Waals surface area contributed by atoms with Gasteiger partial charge in [0.05, 0.1) is 19.9 Å². The fourth-order valence-corrected chi connectivity index (χ4v) is 3.88. The Morgan fingerprint density at radius 3 is 2.35 bits per heavy atom. The minimum atomic E-state index is 0.746. The summed E-state index contributed by atoms with van der Waals surface area (Å²) in [5, 5.41) is 3.44. The summed E-state index contributed by atoms with van der Waals surface area (Å²) in [6, 6.07) is 4.41. The molecule has 0 spiro atoms. The van der Waals surface area contributed by atoms with E-state index in [2.05, 4.69) is 22.3 Å². The van der Waals surface area contributed by atoms with Gasteiger partial charge in [0.2, 0.25) is 0 Å². The van der Waals surface area contributed by atoms with E-state index in [4.69, 9.17) is 9.47 Å². The highest BCUT2D eigenvalue weighted by molar-refractivity contribution is 5.64. The third-order valence-corrected chi connectivity index (χ3v) is 5.25. The number of methoxy groups -OCH3 is 2. The third-order valence-electron chi connectivity index (χ3n) is 5.25. The van der Waals surface area contributed by atoms with Crippen LogP contribution in [0, 0.1) is 5.92 Å². The van der Waals surface area contributed by atoms with Gasteiger partial charge in [-0.05, 0) is 69.2 Å². The maximum Gasteiger partial charge on any atom is 0.142 e. The molecule has 0 aliphatic carbocycles. The molecular weight excluding hydrogens is 288 g/mol. The van der Waals surface area contributed by atoms with Crippen LogP contribution in [-0.2, 0) is 6.42 Å². The predicted molar refractivity (Wildman–Crippen MR) is 94.9 cm³/mol. The summed E-state index contributed by atoms with van der Waals surface area (Å²) in [6.45, 7) is 4.51. The zero-order valence-corrected chi connectivity index (χ0v) is 14.6. The summed E-state index contributed by atoms with van der Waals surface area (Å²) in [6.07, 6.45) is 7.45. The van der Waals surface area contributed by atoms with Crippen LogP contribution in [0.15, 0.2) is 12.1 Å². The molecule has 1 N–H and O–H groups in total. The van der Waals surface area contributed by atoms with Gasteiger partial charge in [-0.15, -0.1) is 0 Å². The van der Waals surface area contributed by atoms with Crippen LogP contribution in [0.1, 0.15) is 37.7 Å². The van der Waals surface area contributed by atoms with Crippen LogP contribution in [0.25, 0.3) is 0 Å². The highest BCUT2D eigenvalue weighted by atomic mass is 16.5. The average molecular weight is 318 g/mol. The number of hydrogen-bond donors (Lipinski definition) is 1. The summed E-state index contributed by atoms with van der Waals surface area (Å²) in [4.78, 5) is 2.44. The Hall–Kier alpha value is -1.42. The van der Waals surface area contributed by atoms with Gasteiger partial charge in [-0.25, -0.2) is 0 Å². The smallest absolute Gasteiger partial charge is 0.142 e. The first-order valence-electron chi connectivity index (χ1n) is 9.02. The second-order valence-corrected chi connectivity index (χ2v) is 6.78. The van der Waals surface area contributed by atoms with Gasteiger partial charge in [0.25, 0.3) is 0 Å². The maximum atomic E-state index is 5.72. The van der Waals surface area contributed by atoms with E-state index in [0.29, 0.717) is 0 Å². The minimum Gasteiger partial charge on any atom is -0.496 e. The van der Waals surface area contributed by atoms with Crippen LogP contribution >= 0.6 is 0 Å². The van der Waals surface area contributed by atoms with Gasteiger partial charge >= 0.3 is 0 Å². The second-order valence-electron chi connectivity index (χ2n) is 6.78. The molecule has 128 valence electrons. The fraction of sp³-hybridized carbons (Fsp3) is 0.684. The lowest BCUT2D eigenvalue weighted by atomic mass is 9.90. The molecule has 4 heteroatoms. The lowest BCUT2D eigenvalue weighted by Crippen LogP contribution is -2.30. The van der Waals surface area contributed by atoms with Crippen molar-refractivity contribution in [3.63, 3.8) is 0 Å². The topological polar surface area (TPSA) is 33.7 Å². The van der Waals surface area contributed by atoms with Crippen LogP contribution in [0.2, 0.25) is 0 Å². The number of nitrogens with one attached hydrogen (secondary N) is 1. The molecule has 0 aromatic heterocycles. The van der Waals surface area contributed by atoms with E-state index in [0.717, 1.165) is 50.0 Å². The van der Waals surface area contributed by atoms with Gasteiger partial charge in [0, 0.05) is 19.2 Å². The molecule has 4 nitrogen and oxygen atoms in total. The van der Waals surface area contributed by atoms with E-state index in [1.54, 1.807) is 14.2 Å². The van der Waals surface area contributed by atoms with Crippen molar-refractivity contribution < 1.29 is 9.47 Å². The molecule has 0 amide bonds. The summed E-state index contributed by atoms with van der Waals surface area (Å²) < 4.78 is 11.4. The molecule has 2 heterocycles. The first-order chi connectivity index (χ1) is 11.3. The van der Waals surface area contributed by atoms with Crippen molar-refractivity contribution in [3.05, 3.63) is 17.7 Å². The van der Waals surface area contributed by atoms with Crippen molar-refractivity contribution >= 4 is 5.69 Å². The normalized spacial score (nSPS) is 19.7. The van der Waals surface area contributed by atoms with Gasteiger partial charge in [-0.3, -0.25) is 0 Å². The molecule has 3 rings (SSSR count). The third kappa shape index (κ3) is 3.92. The maximum absolute atomic E-state index is 5.72. The molecule has 0 radical (unpaired) electrons. The second kappa shape index (κ2) is 7.91. The summed E-state index contributed by atoms with van der Waals surface area (Å²) in [5.41, 5.74) is 2.48. The number of benzene rings is 1. The SMILES string of the molecule is COc1cc(N2CCCCC2)c(OC)cc1CC1CCNCC1. The standard InChI is InChI=1S/C19H30N2O2/c1-22-18-14-17(21-10-4-3-5-11-21)19(23-2)13-16(18)12-15-6-8-20-9-7-15/h13-15,20H,3-12H2,1-2H3. The Bertz CT molecular complexity index is 506. The first-order valence-corrected chi connectivity index (χ1v) is 9.02. The van der Waals surface area contributed by atoms with Crippen molar-refractivity contribution in [3.8, 4) is 11.5 Å². The van der Waals surface area contributed by atoms with Crippen LogP contribution in [0.4, 0.5) is 5.69 Å². The van der Waals surface area contributed by atoms with E-state index in [1.165, 1.54) is 43.4 Å². The van der Waals surface area contributed by atoms with Gasteiger partial charge in [-0.1, -0.05) is 0 Å². The van der Waals surface area contributed by atoms with Crippen molar-refractivity contribution in [1.29, 1.82) is 0 Å². The molecule has 2 aliphatic heterocycles. The van der Waals surface area contributed by atoms with Gasteiger partial charge < -0.3 is 19.7 Å². The van der Waals surface area contributed by atoms with Crippen LogP contribution in [-0.4, -0.2) is 40.4 Å². The Morgan fingerprint density at radius 1 is 1.00 bits per heavy atom. The molecule has 2 saturated heterocycles. The zero-order chi connectivity index (χ0) is 16.1. The van der Waals surface area contributed by atoms with E-state index in [-0.39, 0.29) is 0 Å². The number of ether oxygens (including phenoxy) is 2. The number of hydrogen-bond acceptors (Lipinski definition) is 4. The highest BCUT2D eigenvalue weighted by Crippen LogP contribution is 2.38. The monoisotopic (exact) mass is 318 g/mol. The van der Waals surface area contributed by atoms with E-state index >= 15 is 0 Å². The predicted octanol–water partition coefficient (Wildman–Crippen LogP) is 3.24. The van der Waals surface area contributed by atoms with Crippen molar-refractivity contribution in [1.82, 2.24) is 5.32 Å². The van der Waals surface area contributed by atoms with Crippen molar-refractivity contribution in [2.45, 2.75) is 38.5 Å². The molecule has 0 bridgehead atoms. The first kappa shape index (κ1) is 16.4. The summed E-state index contributed by atoms with van der Waals surface area (Å²) in [5.74, 6) is 2.76. The van der Waals surface area contributed by atoms with Crippen LogP contribution in [0.3, 0.4) is 0 Å². The highest BCUT2D eigenvalue weighted by Gasteiger charge is 2.21. The minimum absolute atomic E-state index is 0.746. The molecule has 0 unspecified atom stereocenters. The van der Waals surface area contributed by atoms with Gasteiger partial charge in [0.15, 0.2) is 0 Å². The molecule has 1 aromatic carbocycles. The Labute approximate surface area is 140 Å². The molecule has 0 atom stereocenters. The molecule has 2 aliphatic rings. The number of piperidine rings is 2. The van der Waals surface area contributed by atoms with Gasteiger partial charge in [-0.2, -0.15) is 0 Å². The fourth-order valence-electron chi connectivity index (χ4n) is 3.88. The molecule has 2 fully saturated rings. The van der Waals surface area contributed by atoms with E-state index < -0.39 is 0 Å². The lowest BCUT2D eigenvalue weighted by molar-refractivity contribution is 0.358. The van der Waals surface area contributed by atoms with Crippen LogP contribution in [0.5, 0.6) is 11.5 Å². The quantitative estimate of drug-likeness (QED) is 0.904. The number of anilines is 1. The van der Waals surface area contributed by atoms with Crippen molar-refractivity contribution in [2.75, 3.05) is 45.3 Å². The van der Waals surface area contributed by atoms with Crippen molar-refractivity contribution in [2.24, 2.45) is 5.92 Å². The Kier molecular flexibility index (Phi) is 5.65. The van der Waals surface area contributed by atoms with Crippen LogP contribution < -0.4 is 19.7 Å². The largest absolute Gasteiger partial charge is 0.496 e. The van der Waals surface area contributed by atoms with E-state index in [9.17, 15) is 0 Å². The number of nitrogens with zero attached hydrogens (tertiary/aromatic N) is 1. The van der Waals surface area contributed by atoms with Gasteiger partial charge in [0.1, 0.15) is 11.5 Å². The molecule has 0 saturated carbocycles. The summed E-state index contributed by atoms with van der Waals surface area (Å²) >= 11 is 0. The molecular formula is C19H30N2O2. The molecule has 23 heavy (non-hydrogen) atoms. The Balaban J connectivity index is 1.84. The average Bonchev–Trinajstić information content (AvgIpc) is 2.63.